The molecule has 0 saturated heterocycles. The monoisotopic (exact) mass is 314 g/mol. The number of fused-ring (bicyclic) bond motifs is 1. The van der Waals surface area contributed by atoms with Crippen LogP contribution in [0.5, 0.6) is 0 Å². The predicted octanol–water partition coefficient (Wildman–Crippen LogP) is 3.88. The van der Waals surface area contributed by atoms with Crippen molar-refractivity contribution in [2.24, 2.45) is 0 Å². The molecule has 0 radical (unpaired) electrons. The van der Waals surface area contributed by atoms with Crippen LogP contribution in [0.4, 0.5) is 0 Å². The van der Waals surface area contributed by atoms with Crippen LogP contribution in [0, 0.1) is 6.92 Å². The summed E-state index contributed by atoms with van der Waals surface area (Å²) in [6.45, 7) is 1.97. The van der Waals surface area contributed by atoms with E-state index >= 15 is 0 Å². The summed E-state index contributed by atoms with van der Waals surface area (Å²) in [5.41, 5.74) is 4.04. The van der Waals surface area contributed by atoms with Crippen molar-refractivity contribution in [2.75, 3.05) is 0 Å². The van der Waals surface area contributed by atoms with Crippen LogP contribution in [0.25, 0.3) is 16.9 Å². The number of aldehydes is 1. The van der Waals surface area contributed by atoms with Crippen molar-refractivity contribution in [3.05, 3.63) is 58.3 Å². The van der Waals surface area contributed by atoms with E-state index in [9.17, 15) is 4.79 Å². The molecule has 3 aromatic rings. The Morgan fingerprint density at radius 1 is 1.16 bits per heavy atom. The van der Waals surface area contributed by atoms with Crippen molar-refractivity contribution in [1.29, 1.82) is 0 Å². The first-order valence-corrected chi connectivity index (χ1v) is 6.69. The van der Waals surface area contributed by atoms with Gasteiger partial charge in [0, 0.05) is 15.7 Å². The van der Waals surface area contributed by atoms with Gasteiger partial charge in [-0.2, -0.15) is 0 Å². The van der Waals surface area contributed by atoms with Gasteiger partial charge in [0.05, 0.1) is 0 Å². The molecule has 3 rings (SSSR count). The molecule has 3 nitrogen and oxygen atoms in total. The molecule has 0 atom stereocenters. The number of rotatable bonds is 2. The summed E-state index contributed by atoms with van der Waals surface area (Å²) in [6.07, 6.45) is 0.865. The Hall–Kier alpha value is -1.94. The maximum atomic E-state index is 11.4. The fraction of sp³-hybridized carbons (Fsp3) is 0.0667. The first-order valence-electron chi connectivity index (χ1n) is 5.90. The molecule has 19 heavy (non-hydrogen) atoms. The molecule has 2 heterocycles. The quantitative estimate of drug-likeness (QED) is 0.673. The summed E-state index contributed by atoms with van der Waals surface area (Å²) in [6, 6.07) is 13.6. The minimum absolute atomic E-state index is 0.593. The number of carbonyl (C=O) groups excluding carboxylic acids is 1. The molecule has 0 aliphatic rings. The predicted molar refractivity (Wildman–Crippen MR) is 78.5 cm³/mol. The molecule has 0 amide bonds. The van der Waals surface area contributed by atoms with Crippen LogP contribution in [0.2, 0.25) is 0 Å². The first kappa shape index (κ1) is 12.1. The Balaban J connectivity index is 2.32. The van der Waals surface area contributed by atoms with Crippen molar-refractivity contribution in [1.82, 2.24) is 9.38 Å². The van der Waals surface area contributed by atoms with E-state index in [1.807, 2.05) is 53.8 Å². The molecule has 0 spiro atoms. The Kier molecular flexibility index (Phi) is 2.95. The Morgan fingerprint density at radius 2 is 1.89 bits per heavy atom. The van der Waals surface area contributed by atoms with Crippen molar-refractivity contribution in [3.63, 3.8) is 0 Å². The lowest BCUT2D eigenvalue weighted by Crippen LogP contribution is -1.96. The number of pyridine rings is 1. The fourth-order valence-corrected chi connectivity index (χ4v) is 2.47. The number of hydrogen-bond donors (Lipinski definition) is 0. The SMILES string of the molecule is Cc1cccc2nc(-c3ccc(Br)cc3)c(C=O)n12. The van der Waals surface area contributed by atoms with Gasteiger partial charge in [-0.15, -0.1) is 0 Å². The minimum atomic E-state index is 0.593. The van der Waals surface area contributed by atoms with Crippen LogP contribution in [0.1, 0.15) is 16.2 Å². The van der Waals surface area contributed by atoms with Crippen molar-refractivity contribution in [3.8, 4) is 11.3 Å². The molecule has 94 valence electrons. The summed E-state index contributed by atoms with van der Waals surface area (Å²) >= 11 is 3.40. The van der Waals surface area contributed by atoms with Gasteiger partial charge in [-0.3, -0.25) is 9.20 Å². The molecule has 0 N–H and O–H groups in total. The maximum absolute atomic E-state index is 11.4. The second-order valence-electron chi connectivity index (χ2n) is 4.33. The van der Waals surface area contributed by atoms with Gasteiger partial charge in [-0.1, -0.05) is 34.1 Å². The third-order valence-electron chi connectivity index (χ3n) is 3.10. The second-order valence-corrected chi connectivity index (χ2v) is 5.25. The van der Waals surface area contributed by atoms with E-state index in [-0.39, 0.29) is 0 Å². The van der Waals surface area contributed by atoms with E-state index in [1.54, 1.807) is 0 Å². The molecule has 2 aromatic heterocycles. The molecular weight excluding hydrogens is 304 g/mol. The average molecular weight is 315 g/mol. The largest absolute Gasteiger partial charge is 0.296 e. The van der Waals surface area contributed by atoms with E-state index in [0.29, 0.717) is 5.69 Å². The second kappa shape index (κ2) is 4.63. The van der Waals surface area contributed by atoms with Gasteiger partial charge in [-0.25, -0.2) is 4.98 Å². The highest BCUT2D eigenvalue weighted by Gasteiger charge is 2.14. The summed E-state index contributed by atoms with van der Waals surface area (Å²) in [7, 11) is 0. The maximum Gasteiger partial charge on any atom is 0.169 e. The van der Waals surface area contributed by atoms with Crippen LogP contribution < -0.4 is 0 Å². The van der Waals surface area contributed by atoms with E-state index in [2.05, 4.69) is 20.9 Å². The molecular formula is C15H11BrN2O. The van der Waals surface area contributed by atoms with E-state index in [4.69, 9.17) is 0 Å². The van der Waals surface area contributed by atoms with Gasteiger partial charge in [-0.05, 0) is 31.2 Å². The van der Waals surface area contributed by atoms with E-state index < -0.39 is 0 Å². The smallest absolute Gasteiger partial charge is 0.169 e. The summed E-state index contributed by atoms with van der Waals surface area (Å²) in [5.74, 6) is 0. The van der Waals surface area contributed by atoms with Crippen molar-refractivity contribution >= 4 is 27.9 Å². The Labute approximate surface area is 119 Å². The molecule has 0 aliphatic carbocycles. The first-order chi connectivity index (χ1) is 9.20. The zero-order chi connectivity index (χ0) is 13.4. The number of aromatic nitrogens is 2. The lowest BCUT2D eigenvalue weighted by Gasteiger charge is -2.01. The zero-order valence-electron chi connectivity index (χ0n) is 10.3. The highest BCUT2D eigenvalue weighted by molar-refractivity contribution is 9.10. The lowest BCUT2D eigenvalue weighted by atomic mass is 10.1. The van der Waals surface area contributed by atoms with Crippen LogP contribution in [0.15, 0.2) is 46.9 Å². The molecule has 4 heteroatoms. The van der Waals surface area contributed by atoms with Crippen LogP contribution >= 0.6 is 15.9 Å². The van der Waals surface area contributed by atoms with Crippen molar-refractivity contribution < 1.29 is 4.79 Å². The highest BCUT2D eigenvalue weighted by atomic mass is 79.9. The standard InChI is InChI=1S/C15H11BrN2O/c1-10-3-2-4-14-17-15(13(9-19)18(10)14)11-5-7-12(16)8-6-11/h2-9H,1H3. The average Bonchev–Trinajstić information content (AvgIpc) is 2.79. The van der Waals surface area contributed by atoms with Gasteiger partial charge >= 0.3 is 0 Å². The van der Waals surface area contributed by atoms with Gasteiger partial charge in [0.15, 0.2) is 6.29 Å². The highest BCUT2D eigenvalue weighted by Crippen LogP contribution is 2.25. The van der Waals surface area contributed by atoms with Crippen LogP contribution in [0.3, 0.4) is 0 Å². The third-order valence-corrected chi connectivity index (χ3v) is 3.63. The number of hydrogen-bond acceptors (Lipinski definition) is 2. The molecule has 0 fully saturated rings. The minimum Gasteiger partial charge on any atom is -0.296 e. The topological polar surface area (TPSA) is 34.4 Å². The summed E-state index contributed by atoms with van der Waals surface area (Å²) in [5, 5.41) is 0. The van der Waals surface area contributed by atoms with E-state index in [1.165, 1.54) is 0 Å². The number of benzene rings is 1. The third kappa shape index (κ3) is 1.98. The molecule has 1 aromatic carbocycles. The van der Waals surface area contributed by atoms with Crippen molar-refractivity contribution in [2.45, 2.75) is 6.92 Å². The number of aryl methyl sites for hydroxylation is 1. The Morgan fingerprint density at radius 3 is 2.58 bits per heavy atom. The molecule has 0 unspecified atom stereocenters. The number of halogens is 1. The van der Waals surface area contributed by atoms with Gasteiger partial charge in [0.2, 0.25) is 0 Å². The van der Waals surface area contributed by atoms with Gasteiger partial charge in [0.25, 0.3) is 0 Å². The lowest BCUT2D eigenvalue weighted by molar-refractivity contribution is 0.111. The molecule has 0 saturated carbocycles. The summed E-state index contributed by atoms with van der Waals surface area (Å²) in [4.78, 5) is 16.0. The number of imidazole rings is 1. The van der Waals surface area contributed by atoms with Gasteiger partial charge < -0.3 is 0 Å². The number of nitrogens with zero attached hydrogens (tertiary/aromatic N) is 2. The van der Waals surface area contributed by atoms with Gasteiger partial charge in [0.1, 0.15) is 17.0 Å². The zero-order valence-corrected chi connectivity index (χ0v) is 11.9. The van der Waals surface area contributed by atoms with Crippen LogP contribution in [-0.4, -0.2) is 15.7 Å². The van der Waals surface area contributed by atoms with Crippen LogP contribution in [-0.2, 0) is 0 Å². The molecule has 0 aliphatic heterocycles. The van der Waals surface area contributed by atoms with E-state index in [0.717, 1.165) is 33.4 Å². The summed E-state index contributed by atoms with van der Waals surface area (Å²) < 4.78 is 2.88. The Bertz CT molecular complexity index is 760. The molecule has 0 bridgehead atoms. The fourth-order valence-electron chi connectivity index (χ4n) is 2.21. The normalized spacial score (nSPS) is 10.8. The number of carbonyl (C=O) groups is 1.